The molecule has 0 bridgehead atoms. The summed E-state index contributed by atoms with van der Waals surface area (Å²) in [5.74, 6) is -0.152. The van der Waals surface area contributed by atoms with Gasteiger partial charge in [0.15, 0.2) is 5.16 Å². The van der Waals surface area contributed by atoms with Crippen molar-refractivity contribution in [2.75, 3.05) is 11.1 Å². The third-order valence-electron chi connectivity index (χ3n) is 4.40. The second kappa shape index (κ2) is 8.84. The molecule has 0 saturated heterocycles. The minimum Gasteiger partial charge on any atom is -0.349 e. The van der Waals surface area contributed by atoms with Gasteiger partial charge in [0, 0.05) is 28.6 Å². The lowest BCUT2D eigenvalue weighted by Crippen LogP contribution is -2.27. The Morgan fingerprint density at radius 3 is 2.66 bits per heavy atom. The van der Waals surface area contributed by atoms with Gasteiger partial charge in [-0.15, -0.1) is 0 Å². The molecule has 0 radical (unpaired) electrons. The van der Waals surface area contributed by atoms with Gasteiger partial charge in [-0.3, -0.25) is 14.2 Å². The average molecular weight is 471 g/mol. The molecular weight excluding hydrogens is 452 g/mol. The zero-order chi connectivity index (χ0) is 20.2. The predicted octanol–water partition coefficient (Wildman–Crippen LogP) is 4.26. The largest absolute Gasteiger partial charge is 0.349 e. The van der Waals surface area contributed by atoms with Gasteiger partial charge in [-0.2, -0.15) is 0 Å². The number of nitrogens with one attached hydrogen (secondary N) is 2. The van der Waals surface area contributed by atoms with E-state index in [2.05, 4.69) is 31.5 Å². The van der Waals surface area contributed by atoms with E-state index in [1.54, 1.807) is 30.5 Å². The molecule has 2 aromatic carbocycles. The highest BCUT2D eigenvalue weighted by molar-refractivity contribution is 9.10. The number of nitrogens with zero attached hydrogens (tertiary/aromatic N) is 2. The van der Waals surface area contributed by atoms with Gasteiger partial charge in [-0.25, -0.2) is 4.98 Å². The fourth-order valence-corrected chi connectivity index (χ4v) is 3.83. The second-order valence-electron chi connectivity index (χ2n) is 6.69. The molecule has 1 aliphatic carbocycles. The lowest BCUT2D eigenvalue weighted by atomic mass is 10.1. The van der Waals surface area contributed by atoms with Crippen molar-refractivity contribution in [3.05, 3.63) is 71.0 Å². The molecule has 0 atom stereocenters. The first-order chi connectivity index (χ1) is 14.1. The van der Waals surface area contributed by atoms with Crippen molar-refractivity contribution in [2.45, 2.75) is 24.0 Å². The Labute approximate surface area is 181 Å². The molecule has 29 heavy (non-hydrogen) atoms. The number of amides is 2. The van der Waals surface area contributed by atoms with E-state index in [0.717, 1.165) is 28.2 Å². The first kappa shape index (κ1) is 19.7. The van der Waals surface area contributed by atoms with Crippen LogP contribution >= 0.6 is 27.7 Å². The van der Waals surface area contributed by atoms with Gasteiger partial charge in [0.2, 0.25) is 5.91 Å². The molecule has 1 fully saturated rings. The van der Waals surface area contributed by atoms with Crippen molar-refractivity contribution < 1.29 is 9.59 Å². The summed E-state index contributed by atoms with van der Waals surface area (Å²) in [6.45, 7) is 0. The SMILES string of the molecule is O=C(CSc1nccn1-c1ccc(Br)cc1)Nc1ccccc1C(=O)NC1CC1. The van der Waals surface area contributed by atoms with Gasteiger partial charge in [0.05, 0.1) is 17.0 Å². The minimum atomic E-state index is -0.188. The Morgan fingerprint density at radius 1 is 1.14 bits per heavy atom. The molecule has 1 saturated carbocycles. The van der Waals surface area contributed by atoms with Crippen molar-refractivity contribution in [3.63, 3.8) is 0 Å². The van der Waals surface area contributed by atoms with Crippen LogP contribution in [0.2, 0.25) is 0 Å². The Bertz CT molecular complexity index is 1030. The minimum absolute atomic E-state index is 0.151. The predicted molar refractivity (Wildman–Crippen MR) is 118 cm³/mol. The summed E-state index contributed by atoms with van der Waals surface area (Å²) in [5.41, 5.74) is 1.97. The lowest BCUT2D eigenvalue weighted by molar-refractivity contribution is -0.113. The molecule has 148 valence electrons. The van der Waals surface area contributed by atoms with Crippen LogP contribution in [-0.2, 0) is 4.79 Å². The molecular formula is C21H19BrN4O2S. The Morgan fingerprint density at radius 2 is 1.90 bits per heavy atom. The summed E-state index contributed by atoms with van der Waals surface area (Å²) < 4.78 is 2.93. The first-order valence-corrected chi connectivity index (χ1v) is 11.0. The second-order valence-corrected chi connectivity index (χ2v) is 8.54. The van der Waals surface area contributed by atoms with Crippen molar-refractivity contribution in [3.8, 4) is 5.69 Å². The van der Waals surface area contributed by atoms with Gasteiger partial charge in [-0.1, -0.05) is 39.8 Å². The van der Waals surface area contributed by atoms with Crippen molar-refractivity contribution in [1.82, 2.24) is 14.9 Å². The van der Waals surface area contributed by atoms with E-state index < -0.39 is 0 Å². The third kappa shape index (κ3) is 5.07. The highest BCUT2D eigenvalue weighted by atomic mass is 79.9. The van der Waals surface area contributed by atoms with Crippen molar-refractivity contribution in [1.29, 1.82) is 0 Å². The Kier molecular flexibility index (Phi) is 6.01. The molecule has 1 aliphatic rings. The fraction of sp³-hybridized carbons (Fsp3) is 0.190. The normalized spacial score (nSPS) is 13.1. The number of anilines is 1. The summed E-state index contributed by atoms with van der Waals surface area (Å²) in [5, 5.41) is 6.53. The maximum absolute atomic E-state index is 12.5. The number of carbonyl (C=O) groups is 2. The lowest BCUT2D eigenvalue weighted by Gasteiger charge is -2.11. The average Bonchev–Trinajstić information content (AvgIpc) is 3.41. The molecule has 0 spiro atoms. The van der Waals surface area contributed by atoms with Crippen LogP contribution < -0.4 is 10.6 Å². The van der Waals surface area contributed by atoms with E-state index >= 15 is 0 Å². The summed E-state index contributed by atoms with van der Waals surface area (Å²) in [7, 11) is 0. The van der Waals surface area contributed by atoms with Gasteiger partial charge >= 0.3 is 0 Å². The van der Waals surface area contributed by atoms with Gasteiger partial charge in [0.1, 0.15) is 0 Å². The fourth-order valence-electron chi connectivity index (χ4n) is 2.79. The monoisotopic (exact) mass is 470 g/mol. The van der Waals surface area contributed by atoms with Crippen LogP contribution in [0.4, 0.5) is 5.69 Å². The smallest absolute Gasteiger partial charge is 0.253 e. The van der Waals surface area contributed by atoms with Gasteiger partial charge in [-0.05, 0) is 49.2 Å². The number of imidazole rings is 1. The number of aromatic nitrogens is 2. The van der Waals surface area contributed by atoms with Crippen LogP contribution in [0.25, 0.3) is 5.69 Å². The maximum Gasteiger partial charge on any atom is 0.253 e. The van der Waals surface area contributed by atoms with Crippen molar-refractivity contribution in [2.24, 2.45) is 0 Å². The van der Waals surface area contributed by atoms with E-state index in [0.29, 0.717) is 11.3 Å². The van der Waals surface area contributed by atoms with E-state index in [9.17, 15) is 9.59 Å². The van der Waals surface area contributed by atoms with E-state index in [1.165, 1.54) is 11.8 Å². The summed E-state index contributed by atoms with van der Waals surface area (Å²) in [6, 6.07) is 15.2. The van der Waals surface area contributed by atoms with Crippen molar-refractivity contribution >= 4 is 45.2 Å². The van der Waals surface area contributed by atoms with Crippen LogP contribution in [0.3, 0.4) is 0 Å². The number of thioether (sulfide) groups is 1. The number of hydrogen-bond donors (Lipinski definition) is 2. The van der Waals surface area contributed by atoms with Crippen LogP contribution in [0, 0.1) is 0 Å². The summed E-state index contributed by atoms with van der Waals surface area (Å²) in [4.78, 5) is 29.2. The molecule has 8 heteroatoms. The number of halogens is 1. The first-order valence-electron chi connectivity index (χ1n) is 9.22. The van der Waals surface area contributed by atoms with E-state index in [1.807, 2.05) is 35.0 Å². The molecule has 4 rings (SSSR count). The van der Waals surface area contributed by atoms with Gasteiger partial charge < -0.3 is 10.6 Å². The molecule has 2 amide bonds. The Balaban J connectivity index is 1.40. The number of para-hydroxylation sites is 1. The molecule has 1 heterocycles. The topological polar surface area (TPSA) is 76.0 Å². The van der Waals surface area contributed by atoms with Crippen LogP contribution in [0.5, 0.6) is 0 Å². The quantitative estimate of drug-likeness (QED) is 0.505. The molecule has 0 unspecified atom stereocenters. The summed E-state index contributed by atoms with van der Waals surface area (Å²) in [6.07, 6.45) is 5.60. The summed E-state index contributed by atoms with van der Waals surface area (Å²) >= 11 is 4.77. The van der Waals surface area contributed by atoms with E-state index in [4.69, 9.17) is 0 Å². The Hall–Kier alpha value is -2.58. The van der Waals surface area contributed by atoms with Crippen LogP contribution in [0.15, 0.2) is 70.6 Å². The number of rotatable bonds is 7. The highest BCUT2D eigenvalue weighted by Crippen LogP contribution is 2.24. The van der Waals surface area contributed by atoms with Gasteiger partial charge in [0.25, 0.3) is 5.91 Å². The molecule has 2 N–H and O–H groups in total. The molecule has 6 nitrogen and oxygen atoms in total. The molecule has 3 aromatic rings. The standard InChI is InChI=1S/C21H19BrN4O2S/c22-14-5-9-16(10-6-14)26-12-11-23-21(26)29-13-19(27)25-18-4-2-1-3-17(18)20(28)24-15-7-8-15/h1-6,9-12,15H,7-8,13H2,(H,24,28)(H,25,27). The van der Waals surface area contributed by atoms with E-state index in [-0.39, 0.29) is 23.6 Å². The van der Waals surface area contributed by atoms with Crippen LogP contribution in [-0.4, -0.2) is 33.2 Å². The number of benzene rings is 2. The molecule has 1 aromatic heterocycles. The third-order valence-corrected chi connectivity index (χ3v) is 5.90. The maximum atomic E-state index is 12.5. The highest BCUT2D eigenvalue weighted by Gasteiger charge is 2.25. The zero-order valence-electron chi connectivity index (χ0n) is 15.5. The zero-order valence-corrected chi connectivity index (χ0v) is 17.9. The van der Waals surface area contributed by atoms with Crippen LogP contribution in [0.1, 0.15) is 23.2 Å². The number of carbonyl (C=O) groups excluding carboxylic acids is 2. The number of hydrogen-bond acceptors (Lipinski definition) is 4. The molecule has 0 aliphatic heterocycles.